The molecule has 4 nitrogen and oxygen atoms in total. The van der Waals surface area contributed by atoms with Crippen LogP contribution in [0.5, 0.6) is 0 Å². The topological polar surface area (TPSA) is 41.0 Å². The Labute approximate surface area is 135 Å². The molecule has 0 spiro atoms. The molecular formula is C17H22N4S. The van der Waals surface area contributed by atoms with E-state index in [4.69, 9.17) is 0 Å². The number of aromatic nitrogens is 2. The van der Waals surface area contributed by atoms with E-state index in [1.165, 1.54) is 29.0 Å². The predicted molar refractivity (Wildman–Crippen MR) is 90.5 cm³/mol. The normalized spacial score (nSPS) is 18.5. The lowest BCUT2D eigenvalue weighted by molar-refractivity contribution is 0.382. The lowest BCUT2D eigenvalue weighted by atomic mass is 10.0. The highest BCUT2D eigenvalue weighted by Crippen LogP contribution is 2.38. The maximum Gasteiger partial charge on any atom is 0.151 e. The van der Waals surface area contributed by atoms with Gasteiger partial charge in [0.1, 0.15) is 0 Å². The van der Waals surface area contributed by atoms with E-state index < -0.39 is 0 Å². The molecule has 22 heavy (non-hydrogen) atoms. The van der Waals surface area contributed by atoms with Crippen LogP contribution in [0.25, 0.3) is 0 Å². The van der Waals surface area contributed by atoms with E-state index in [0.717, 1.165) is 37.9 Å². The minimum atomic E-state index is 0.690. The minimum Gasteiger partial charge on any atom is -0.354 e. The summed E-state index contributed by atoms with van der Waals surface area (Å²) in [6, 6.07) is 6.49. The molecule has 1 N–H and O–H groups in total. The molecule has 0 unspecified atom stereocenters. The third kappa shape index (κ3) is 3.01. The lowest BCUT2D eigenvalue weighted by Crippen LogP contribution is -2.51. The van der Waals surface area contributed by atoms with Gasteiger partial charge in [0.15, 0.2) is 5.82 Å². The maximum atomic E-state index is 4.39. The van der Waals surface area contributed by atoms with Gasteiger partial charge in [0, 0.05) is 42.9 Å². The van der Waals surface area contributed by atoms with Crippen LogP contribution >= 0.6 is 11.3 Å². The first-order valence-corrected chi connectivity index (χ1v) is 9.00. The average molecular weight is 314 g/mol. The molecule has 0 radical (unpaired) electrons. The zero-order valence-corrected chi connectivity index (χ0v) is 13.8. The highest BCUT2D eigenvalue weighted by molar-refractivity contribution is 7.10. The standard InChI is InChI=1S/C17H22N4S/c1-12-6-7-22-16(12)9-18-8-13-10-21(11-13)17-5-4-15(19-20-17)14-2-3-14/h4-7,13-14,18H,2-3,8-11H2,1H3. The van der Waals surface area contributed by atoms with Gasteiger partial charge in [0.05, 0.1) is 5.69 Å². The molecule has 1 aliphatic heterocycles. The van der Waals surface area contributed by atoms with E-state index in [1.807, 2.05) is 11.3 Å². The molecule has 2 aromatic heterocycles. The smallest absolute Gasteiger partial charge is 0.151 e. The van der Waals surface area contributed by atoms with Crippen LogP contribution in [-0.2, 0) is 6.54 Å². The van der Waals surface area contributed by atoms with Gasteiger partial charge in [-0.1, -0.05) is 0 Å². The molecule has 0 bridgehead atoms. The van der Waals surface area contributed by atoms with Crippen molar-refractivity contribution in [2.75, 3.05) is 24.5 Å². The van der Waals surface area contributed by atoms with Gasteiger partial charge >= 0.3 is 0 Å². The molecule has 3 heterocycles. The highest BCUT2D eigenvalue weighted by atomic mass is 32.1. The van der Waals surface area contributed by atoms with Crippen molar-refractivity contribution in [2.45, 2.75) is 32.2 Å². The molecule has 1 saturated carbocycles. The zero-order chi connectivity index (χ0) is 14.9. The van der Waals surface area contributed by atoms with E-state index >= 15 is 0 Å². The summed E-state index contributed by atoms with van der Waals surface area (Å²) in [5.41, 5.74) is 2.58. The monoisotopic (exact) mass is 314 g/mol. The first-order valence-electron chi connectivity index (χ1n) is 8.12. The van der Waals surface area contributed by atoms with Crippen molar-refractivity contribution >= 4 is 17.2 Å². The molecule has 2 aliphatic rings. The van der Waals surface area contributed by atoms with E-state index in [9.17, 15) is 0 Å². The number of hydrogen-bond acceptors (Lipinski definition) is 5. The van der Waals surface area contributed by atoms with Crippen LogP contribution < -0.4 is 10.2 Å². The molecule has 2 fully saturated rings. The van der Waals surface area contributed by atoms with Gasteiger partial charge in [-0.15, -0.1) is 16.4 Å². The van der Waals surface area contributed by atoms with Crippen LogP contribution in [0.1, 0.15) is 34.9 Å². The summed E-state index contributed by atoms with van der Waals surface area (Å²) < 4.78 is 0. The Morgan fingerprint density at radius 3 is 2.73 bits per heavy atom. The zero-order valence-electron chi connectivity index (χ0n) is 13.0. The Kier molecular flexibility index (Phi) is 3.84. The highest BCUT2D eigenvalue weighted by Gasteiger charge is 2.29. The van der Waals surface area contributed by atoms with Crippen LogP contribution in [0.15, 0.2) is 23.6 Å². The van der Waals surface area contributed by atoms with Crippen molar-refractivity contribution in [3.8, 4) is 0 Å². The number of anilines is 1. The number of nitrogens with zero attached hydrogens (tertiary/aromatic N) is 3. The van der Waals surface area contributed by atoms with Gasteiger partial charge in [-0.05, 0) is 48.9 Å². The molecule has 116 valence electrons. The van der Waals surface area contributed by atoms with Crippen molar-refractivity contribution in [2.24, 2.45) is 5.92 Å². The van der Waals surface area contributed by atoms with Gasteiger partial charge in [0.2, 0.25) is 0 Å². The second kappa shape index (κ2) is 5.97. The Bertz CT molecular complexity index is 626. The Morgan fingerprint density at radius 1 is 1.23 bits per heavy atom. The number of hydrogen-bond donors (Lipinski definition) is 1. The predicted octanol–water partition coefficient (Wildman–Crippen LogP) is 2.95. The Morgan fingerprint density at radius 2 is 2.09 bits per heavy atom. The van der Waals surface area contributed by atoms with E-state index in [2.05, 4.69) is 50.9 Å². The number of aryl methyl sites for hydroxylation is 1. The molecular weight excluding hydrogens is 292 g/mol. The van der Waals surface area contributed by atoms with E-state index in [1.54, 1.807) is 0 Å². The summed E-state index contributed by atoms with van der Waals surface area (Å²) in [7, 11) is 0. The van der Waals surface area contributed by atoms with Crippen LogP contribution in [0.4, 0.5) is 5.82 Å². The fourth-order valence-electron chi connectivity index (χ4n) is 2.96. The molecule has 0 amide bonds. The van der Waals surface area contributed by atoms with E-state index in [-0.39, 0.29) is 0 Å². The Hall–Kier alpha value is -1.46. The van der Waals surface area contributed by atoms with Crippen molar-refractivity contribution in [1.82, 2.24) is 15.5 Å². The maximum absolute atomic E-state index is 4.39. The van der Waals surface area contributed by atoms with Crippen LogP contribution in [0.3, 0.4) is 0 Å². The Balaban J connectivity index is 1.21. The summed E-state index contributed by atoms with van der Waals surface area (Å²) in [4.78, 5) is 3.78. The summed E-state index contributed by atoms with van der Waals surface area (Å²) in [6.07, 6.45) is 2.57. The molecule has 0 atom stereocenters. The van der Waals surface area contributed by atoms with Crippen molar-refractivity contribution < 1.29 is 0 Å². The molecule has 4 rings (SSSR count). The third-order valence-corrected chi connectivity index (χ3v) is 5.66. The summed E-state index contributed by atoms with van der Waals surface area (Å²) in [6.45, 7) is 6.45. The lowest BCUT2D eigenvalue weighted by Gasteiger charge is -2.40. The van der Waals surface area contributed by atoms with Crippen molar-refractivity contribution in [3.05, 3.63) is 39.7 Å². The molecule has 1 saturated heterocycles. The fourth-order valence-corrected chi connectivity index (χ4v) is 3.84. The summed E-state index contributed by atoms with van der Waals surface area (Å²) >= 11 is 1.84. The van der Waals surface area contributed by atoms with Crippen molar-refractivity contribution in [1.29, 1.82) is 0 Å². The fraction of sp³-hybridized carbons (Fsp3) is 0.529. The second-order valence-corrected chi connectivity index (χ2v) is 7.52. The van der Waals surface area contributed by atoms with Crippen molar-refractivity contribution in [3.63, 3.8) is 0 Å². The van der Waals surface area contributed by atoms with Gasteiger partial charge < -0.3 is 10.2 Å². The van der Waals surface area contributed by atoms with Gasteiger partial charge in [-0.25, -0.2) is 0 Å². The SMILES string of the molecule is Cc1ccsc1CNCC1CN(c2ccc(C3CC3)nn2)C1. The number of nitrogens with one attached hydrogen (secondary N) is 1. The summed E-state index contributed by atoms with van der Waals surface area (Å²) in [5.74, 6) is 2.45. The molecule has 5 heteroatoms. The molecule has 2 aromatic rings. The number of rotatable bonds is 6. The van der Waals surface area contributed by atoms with Crippen LogP contribution in [0.2, 0.25) is 0 Å². The van der Waals surface area contributed by atoms with E-state index in [0.29, 0.717) is 5.92 Å². The molecule has 0 aromatic carbocycles. The average Bonchev–Trinajstić information content (AvgIpc) is 3.26. The van der Waals surface area contributed by atoms with Crippen LogP contribution in [-0.4, -0.2) is 29.8 Å². The van der Waals surface area contributed by atoms with Crippen LogP contribution in [0, 0.1) is 12.8 Å². The number of thiophene rings is 1. The summed E-state index contributed by atoms with van der Waals surface area (Å²) in [5, 5.41) is 14.5. The quantitative estimate of drug-likeness (QED) is 0.890. The second-order valence-electron chi connectivity index (χ2n) is 6.52. The third-order valence-electron chi connectivity index (χ3n) is 4.63. The first-order chi connectivity index (χ1) is 10.8. The minimum absolute atomic E-state index is 0.690. The van der Waals surface area contributed by atoms with Gasteiger partial charge in [-0.2, -0.15) is 5.10 Å². The van der Waals surface area contributed by atoms with Gasteiger partial charge in [-0.3, -0.25) is 0 Å². The first kappa shape index (κ1) is 14.2. The largest absolute Gasteiger partial charge is 0.354 e. The van der Waals surface area contributed by atoms with Gasteiger partial charge in [0.25, 0.3) is 0 Å². The molecule has 1 aliphatic carbocycles.